The molecule has 17 heavy (non-hydrogen) atoms. The lowest BCUT2D eigenvalue weighted by molar-refractivity contribution is 0.0600. The summed E-state index contributed by atoms with van der Waals surface area (Å²) < 4.78 is 9.84. The molecular formula is C12H17NO4. The summed E-state index contributed by atoms with van der Waals surface area (Å²) in [5, 5.41) is 12.6. The minimum atomic E-state index is -0.402. The second kappa shape index (κ2) is 4.89. The number of aliphatic hydroxyl groups is 1. The molecule has 2 N–H and O–H groups in total. The van der Waals surface area contributed by atoms with Gasteiger partial charge in [0.2, 0.25) is 0 Å². The second-order valence-electron chi connectivity index (χ2n) is 4.44. The topological polar surface area (TPSA) is 71.7 Å². The Balaban J connectivity index is 1.91. The van der Waals surface area contributed by atoms with Crippen LogP contribution in [-0.4, -0.2) is 30.3 Å². The SMILES string of the molecule is COC(=O)c1coc(CNC2(CO)CCC2)c1. The predicted octanol–water partition coefficient (Wildman–Crippen LogP) is 1.07. The Kier molecular flexibility index (Phi) is 3.49. The molecule has 1 aliphatic rings. The van der Waals surface area contributed by atoms with Gasteiger partial charge in [0.25, 0.3) is 0 Å². The third-order valence-corrected chi connectivity index (χ3v) is 3.33. The van der Waals surface area contributed by atoms with Crippen LogP contribution in [0.5, 0.6) is 0 Å². The highest BCUT2D eigenvalue weighted by molar-refractivity contribution is 5.88. The van der Waals surface area contributed by atoms with Gasteiger partial charge in [-0.05, 0) is 25.3 Å². The van der Waals surface area contributed by atoms with Gasteiger partial charge in [0, 0.05) is 5.54 Å². The van der Waals surface area contributed by atoms with Gasteiger partial charge in [-0.25, -0.2) is 4.79 Å². The summed E-state index contributed by atoms with van der Waals surface area (Å²) in [4.78, 5) is 11.2. The molecule has 5 nitrogen and oxygen atoms in total. The summed E-state index contributed by atoms with van der Waals surface area (Å²) in [7, 11) is 1.34. The molecule has 1 aliphatic carbocycles. The van der Waals surface area contributed by atoms with E-state index in [4.69, 9.17) is 4.42 Å². The molecule has 5 heteroatoms. The third-order valence-electron chi connectivity index (χ3n) is 3.33. The number of furan rings is 1. The first kappa shape index (κ1) is 12.1. The molecule has 1 saturated carbocycles. The van der Waals surface area contributed by atoms with Crippen molar-refractivity contribution in [2.24, 2.45) is 0 Å². The van der Waals surface area contributed by atoms with Crippen molar-refractivity contribution in [2.75, 3.05) is 13.7 Å². The first-order valence-corrected chi connectivity index (χ1v) is 5.71. The largest absolute Gasteiger partial charge is 0.467 e. The Morgan fingerprint density at radius 3 is 2.94 bits per heavy atom. The van der Waals surface area contributed by atoms with Crippen LogP contribution in [-0.2, 0) is 11.3 Å². The normalized spacial score (nSPS) is 17.5. The molecule has 0 aliphatic heterocycles. The number of hydrogen-bond donors (Lipinski definition) is 2. The average Bonchev–Trinajstić information content (AvgIpc) is 2.76. The Morgan fingerprint density at radius 2 is 2.41 bits per heavy atom. The number of nitrogens with one attached hydrogen (secondary N) is 1. The fraction of sp³-hybridized carbons (Fsp3) is 0.583. The Morgan fingerprint density at radius 1 is 1.65 bits per heavy atom. The van der Waals surface area contributed by atoms with Gasteiger partial charge >= 0.3 is 5.97 Å². The van der Waals surface area contributed by atoms with Crippen LogP contribution >= 0.6 is 0 Å². The second-order valence-corrected chi connectivity index (χ2v) is 4.44. The van der Waals surface area contributed by atoms with Crippen molar-refractivity contribution in [3.63, 3.8) is 0 Å². The lowest BCUT2D eigenvalue weighted by Crippen LogP contribution is -2.53. The maximum atomic E-state index is 11.2. The molecule has 0 atom stereocenters. The van der Waals surface area contributed by atoms with Crippen LogP contribution in [0.2, 0.25) is 0 Å². The average molecular weight is 239 g/mol. The Hall–Kier alpha value is -1.33. The number of aliphatic hydroxyl groups excluding tert-OH is 1. The minimum absolute atomic E-state index is 0.136. The number of carbonyl (C=O) groups excluding carboxylic acids is 1. The molecule has 0 spiro atoms. The van der Waals surface area contributed by atoms with Crippen LogP contribution in [0.3, 0.4) is 0 Å². The zero-order chi connectivity index (χ0) is 12.3. The number of hydrogen-bond acceptors (Lipinski definition) is 5. The summed E-state index contributed by atoms with van der Waals surface area (Å²) >= 11 is 0. The van der Waals surface area contributed by atoms with E-state index in [1.165, 1.54) is 13.4 Å². The fourth-order valence-electron chi connectivity index (χ4n) is 1.97. The van der Waals surface area contributed by atoms with Gasteiger partial charge in [-0.3, -0.25) is 0 Å². The molecule has 2 rings (SSSR count). The monoisotopic (exact) mass is 239 g/mol. The van der Waals surface area contributed by atoms with Crippen molar-refractivity contribution in [3.05, 3.63) is 23.7 Å². The van der Waals surface area contributed by atoms with Crippen LogP contribution in [0.15, 0.2) is 16.7 Å². The van der Waals surface area contributed by atoms with E-state index < -0.39 is 5.97 Å². The molecule has 0 radical (unpaired) electrons. The Bertz CT molecular complexity index is 389. The van der Waals surface area contributed by atoms with E-state index in [0.717, 1.165) is 19.3 Å². The van der Waals surface area contributed by atoms with Crippen LogP contribution in [0.1, 0.15) is 35.4 Å². The molecule has 1 aromatic rings. The standard InChI is InChI=1S/C12H17NO4/c1-16-11(15)9-5-10(17-7-9)6-13-12(8-14)3-2-4-12/h5,7,13-14H,2-4,6,8H2,1H3. The lowest BCUT2D eigenvalue weighted by atomic mass is 9.77. The smallest absolute Gasteiger partial charge is 0.341 e. The van der Waals surface area contributed by atoms with Gasteiger partial charge in [0.15, 0.2) is 0 Å². The van der Waals surface area contributed by atoms with Crippen LogP contribution in [0.25, 0.3) is 0 Å². The summed E-state index contributed by atoms with van der Waals surface area (Å²) in [6.45, 7) is 0.648. The van der Waals surface area contributed by atoms with Gasteiger partial charge in [-0.2, -0.15) is 0 Å². The zero-order valence-electron chi connectivity index (χ0n) is 9.86. The van der Waals surface area contributed by atoms with Crippen molar-refractivity contribution in [3.8, 4) is 0 Å². The van der Waals surface area contributed by atoms with Crippen LogP contribution in [0.4, 0.5) is 0 Å². The van der Waals surface area contributed by atoms with E-state index in [1.807, 2.05) is 0 Å². The summed E-state index contributed by atoms with van der Waals surface area (Å²) in [5.74, 6) is 0.269. The van der Waals surface area contributed by atoms with Gasteiger partial charge < -0.3 is 19.6 Å². The van der Waals surface area contributed by atoms with Crippen LogP contribution in [0, 0.1) is 0 Å². The van der Waals surface area contributed by atoms with E-state index in [-0.39, 0.29) is 12.1 Å². The lowest BCUT2D eigenvalue weighted by Gasteiger charge is -2.41. The molecule has 0 bridgehead atoms. The molecule has 0 unspecified atom stereocenters. The molecular weight excluding hydrogens is 222 g/mol. The molecule has 1 heterocycles. The van der Waals surface area contributed by atoms with Crippen molar-refractivity contribution >= 4 is 5.97 Å². The van der Waals surface area contributed by atoms with E-state index in [2.05, 4.69) is 10.1 Å². The highest BCUT2D eigenvalue weighted by Gasteiger charge is 2.35. The van der Waals surface area contributed by atoms with Crippen LogP contribution < -0.4 is 5.32 Å². The van der Waals surface area contributed by atoms with Crippen molar-refractivity contribution in [1.29, 1.82) is 0 Å². The van der Waals surface area contributed by atoms with E-state index >= 15 is 0 Å². The number of carbonyl (C=O) groups is 1. The third kappa shape index (κ3) is 2.50. The Labute approximate surface area is 99.8 Å². The van der Waals surface area contributed by atoms with E-state index in [9.17, 15) is 9.90 Å². The summed E-state index contributed by atoms with van der Waals surface area (Å²) in [6.07, 6.45) is 4.48. The van der Waals surface area contributed by atoms with E-state index in [0.29, 0.717) is 17.9 Å². The first-order chi connectivity index (χ1) is 8.19. The van der Waals surface area contributed by atoms with Crippen molar-refractivity contribution in [2.45, 2.75) is 31.3 Å². The zero-order valence-corrected chi connectivity index (χ0v) is 9.86. The molecule has 0 aromatic carbocycles. The molecule has 0 amide bonds. The van der Waals surface area contributed by atoms with Gasteiger partial charge in [0.05, 0.1) is 25.8 Å². The number of methoxy groups -OCH3 is 1. The predicted molar refractivity (Wildman–Crippen MR) is 60.6 cm³/mol. The van der Waals surface area contributed by atoms with Crippen molar-refractivity contribution < 1.29 is 19.1 Å². The summed E-state index contributed by atoms with van der Waals surface area (Å²) in [5.41, 5.74) is 0.258. The van der Waals surface area contributed by atoms with Gasteiger partial charge in [-0.1, -0.05) is 0 Å². The van der Waals surface area contributed by atoms with Crippen molar-refractivity contribution in [1.82, 2.24) is 5.32 Å². The maximum absolute atomic E-state index is 11.2. The molecule has 1 aromatic heterocycles. The number of ether oxygens (including phenoxy) is 1. The highest BCUT2D eigenvalue weighted by Crippen LogP contribution is 2.31. The fourth-order valence-corrected chi connectivity index (χ4v) is 1.97. The van der Waals surface area contributed by atoms with Gasteiger partial charge in [-0.15, -0.1) is 0 Å². The number of rotatable bonds is 5. The minimum Gasteiger partial charge on any atom is -0.467 e. The molecule has 1 fully saturated rings. The van der Waals surface area contributed by atoms with E-state index in [1.54, 1.807) is 6.07 Å². The first-order valence-electron chi connectivity index (χ1n) is 5.71. The number of esters is 1. The highest BCUT2D eigenvalue weighted by atomic mass is 16.5. The quantitative estimate of drug-likeness (QED) is 0.752. The van der Waals surface area contributed by atoms with Gasteiger partial charge in [0.1, 0.15) is 12.0 Å². The maximum Gasteiger partial charge on any atom is 0.341 e. The molecule has 0 saturated heterocycles. The molecule has 94 valence electrons. The summed E-state index contributed by atoms with van der Waals surface area (Å²) in [6, 6.07) is 1.66.